The monoisotopic (exact) mass is 535 g/mol. The van der Waals surface area contributed by atoms with Crippen molar-refractivity contribution in [1.29, 1.82) is 0 Å². The van der Waals surface area contributed by atoms with Gasteiger partial charge in [-0.15, -0.1) is 0 Å². The number of rotatable bonds is 3. The number of hydrogen-bond acceptors (Lipinski definition) is 5. The zero-order chi connectivity index (χ0) is 25.8. The molecule has 0 spiro atoms. The van der Waals surface area contributed by atoms with Crippen molar-refractivity contribution in [2.75, 3.05) is 4.90 Å². The van der Waals surface area contributed by atoms with E-state index in [0.717, 1.165) is 27.6 Å². The summed E-state index contributed by atoms with van der Waals surface area (Å²) < 4.78 is 4.81. The molecule has 1 aliphatic rings. The van der Waals surface area contributed by atoms with Crippen molar-refractivity contribution in [3.63, 3.8) is 0 Å². The number of fused-ring (bicyclic) bond motifs is 5. The van der Waals surface area contributed by atoms with Crippen molar-refractivity contribution in [2.24, 2.45) is 0 Å². The van der Waals surface area contributed by atoms with Gasteiger partial charge in [-0.3, -0.25) is 0 Å². The molecular weight excluding hydrogens is 515 g/mol. The third-order valence-electron chi connectivity index (χ3n) is 7.24. The number of aromatic nitrogens is 2. The van der Waals surface area contributed by atoms with Crippen LogP contribution in [0, 0.1) is 0 Å². The van der Waals surface area contributed by atoms with Gasteiger partial charge in [-0.05, 0) is 87.7 Å². The molecule has 0 saturated carbocycles. The third kappa shape index (κ3) is 3.74. The van der Waals surface area contributed by atoms with E-state index in [1.165, 1.54) is 54.2 Å². The Morgan fingerprint density at radius 3 is 1.92 bits per heavy atom. The highest BCUT2D eigenvalue weighted by molar-refractivity contribution is 7.99. The summed E-state index contributed by atoms with van der Waals surface area (Å²) in [5.41, 5.74) is 5.68. The minimum absolute atomic E-state index is 0.775. The van der Waals surface area contributed by atoms with Crippen molar-refractivity contribution in [3.8, 4) is 22.0 Å². The molecule has 1 aliphatic heterocycles. The lowest BCUT2D eigenvalue weighted by atomic mass is 9.97. The van der Waals surface area contributed by atoms with Crippen LogP contribution in [-0.2, 0) is 0 Å². The molecule has 0 bridgehead atoms. The second-order valence-corrected chi connectivity index (χ2v) is 11.4. The van der Waals surface area contributed by atoms with Crippen LogP contribution in [-0.4, -0.2) is 9.36 Å². The predicted molar refractivity (Wildman–Crippen MR) is 165 cm³/mol. The Labute approximate surface area is 234 Å². The van der Waals surface area contributed by atoms with Crippen molar-refractivity contribution < 1.29 is 0 Å². The van der Waals surface area contributed by atoms with Crippen LogP contribution in [0.1, 0.15) is 0 Å². The Balaban J connectivity index is 1.18. The molecular formula is C34H21N3S2. The van der Waals surface area contributed by atoms with Crippen molar-refractivity contribution in [1.82, 2.24) is 9.36 Å². The van der Waals surface area contributed by atoms with Crippen LogP contribution in [0.5, 0.6) is 0 Å². The first-order chi connectivity index (χ1) is 19.3. The molecule has 184 valence electrons. The fourth-order valence-corrected chi connectivity index (χ4v) is 7.16. The highest BCUT2D eigenvalue weighted by Crippen LogP contribution is 2.51. The standard InChI is InChI=1S/C34H21N3S2/c1-2-10-25-23(9-1)21-28(27-12-4-3-11-26(25)27)33-35-34(39-36-33)22-17-19-24(20-18-22)37-29-13-5-7-15-31(29)38-32-16-8-6-14-30(32)37/h1-21H. The smallest absolute Gasteiger partial charge is 0.174 e. The summed E-state index contributed by atoms with van der Waals surface area (Å²) in [7, 11) is 0. The minimum Gasteiger partial charge on any atom is -0.308 e. The van der Waals surface area contributed by atoms with Crippen LogP contribution in [0.2, 0.25) is 0 Å². The Morgan fingerprint density at radius 2 is 1.18 bits per heavy atom. The fourth-order valence-electron chi connectivity index (χ4n) is 5.43. The van der Waals surface area contributed by atoms with E-state index in [0.29, 0.717) is 0 Å². The van der Waals surface area contributed by atoms with Gasteiger partial charge in [0.05, 0.1) is 11.4 Å². The van der Waals surface area contributed by atoms with Gasteiger partial charge in [0.1, 0.15) is 5.01 Å². The molecule has 0 fully saturated rings. The van der Waals surface area contributed by atoms with Crippen molar-refractivity contribution >= 4 is 61.9 Å². The molecule has 0 radical (unpaired) electrons. The maximum Gasteiger partial charge on any atom is 0.174 e. The Morgan fingerprint density at radius 1 is 0.564 bits per heavy atom. The number of nitrogens with zero attached hydrogens (tertiary/aromatic N) is 3. The number of anilines is 3. The van der Waals surface area contributed by atoms with E-state index in [2.05, 4.69) is 132 Å². The molecule has 0 aliphatic carbocycles. The van der Waals surface area contributed by atoms with E-state index in [9.17, 15) is 0 Å². The molecule has 0 atom stereocenters. The summed E-state index contributed by atoms with van der Waals surface area (Å²) in [6.45, 7) is 0. The summed E-state index contributed by atoms with van der Waals surface area (Å²) in [5, 5.41) is 5.78. The molecule has 0 saturated heterocycles. The van der Waals surface area contributed by atoms with Gasteiger partial charge in [-0.1, -0.05) is 84.6 Å². The lowest BCUT2D eigenvalue weighted by molar-refractivity contribution is 1.17. The molecule has 8 rings (SSSR count). The van der Waals surface area contributed by atoms with Gasteiger partial charge in [0.2, 0.25) is 0 Å². The van der Waals surface area contributed by atoms with Gasteiger partial charge >= 0.3 is 0 Å². The average molecular weight is 536 g/mol. The number of hydrogen-bond donors (Lipinski definition) is 0. The van der Waals surface area contributed by atoms with E-state index in [1.54, 1.807) is 0 Å². The normalized spacial score (nSPS) is 12.5. The van der Waals surface area contributed by atoms with Crippen LogP contribution in [0.15, 0.2) is 137 Å². The molecule has 0 unspecified atom stereocenters. The SMILES string of the molecule is c1ccc2c(c1)Sc1ccccc1N2c1ccc(-c2nc(-c3cc4ccccc4c4ccccc34)ns2)cc1. The number of para-hydroxylation sites is 2. The molecule has 2 heterocycles. The highest BCUT2D eigenvalue weighted by Gasteiger charge is 2.24. The molecule has 3 nitrogen and oxygen atoms in total. The first-order valence-electron chi connectivity index (χ1n) is 12.8. The molecule has 5 heteroatoms. The van der Waals surface area contributed by atoms with E-state index in [-0.39, 0.29) is 0 Å². The second-order valence-electron chi connectivity index (χ2n) is 9.53. The average Bonchev–Trinajstić information content (AvgIpc) is 3.50. The first kappa shape index (κ1) is 22.5. The van der Waals surface area contributed by atoms with Crippen LogP contribution < -0.4 is 4.90 Å². The molecule has 7 aromatic rings. The first-order valence-corrected chi connectivity index (χ1v) is 14.4. The van der Waals surface area contributed by atoms with E-state index >= 15 is 0 Å². The van der Waals surface area contributed by atoms with Crippen molar-refractivity contribution in [3.05, 3.63) is 127 Å². The van der Waals surface area contributed by atoms with Gasteiger partial charge in [-0.2, -0.15) is 4.37 Å². The van der Waals surface area contributed by atoms with Crippen molar-refractivity contribution in [2.45, 2.75) is 9.79 Å². The van der Waals surface area contributed by atoms with Gasteiger partial charge < -0.3 is 4.90 Å². The van der Waals surface area contributed by atoms with Gasteiger partial charge in [0, 0.05) is 26.6 Å². The zero-order valence-electron chi connectivity index (χ0n) is 20.8. The van der Waals surface area contributed by atoms with Crippen LogP contribution in [0.4, 0.5) is 17.1 Å². The van der Waals surface area contributed by atoms with Gasteiger partial charge in [0.15, 0.2) is 5.82 Å². The molecule has 6 aromatic carbocycles. The second kappa shape index (κ2) is 9.09. The van der Waals surface area contributed by atoms with Gasteiger partial charge in [-0.25, -0.2) is 4.98 Å². The van der Waals surface area contributed by atoms with Crippen LogP contribution in [0.25, 0.3) is 43.5 Å². The zero-order valence-corrected chi connectivity index (χ0v) is 22.4. The van der Waals surface area contributed by atoms with Gasteiger partial charge in [0.25, 0.3) is 0 Å². The maximum atomic E-state index is 5.01. The van der Waals surface area contributed by atoms with Crippen LogP contribution in [0.3, 0.4) is 0 Å². The van der Waals surface area contributed by atoms with Crippen LogP contribution >= 0.6 is 23.3 Å². The number of benzene rings is 6. The highest BCUT2D eigenvalue weighted by atomic mass is 32.2. The largest absolute Gasteiger partial charge is 0.308 e. The fraction of sp³-hybridized carbons (Fsp3) is 0. The topological polar surface area (TPSA) is 29.0 Å². The quantitative estimate of drug-likeness (QED) is 0.211. The van der Waals surface area contributed by atoms with E-state index in [4.69, 9.17) is 9.36 Å². The summed E-state index contributed by atoms with van der Waals surface area (Å²) >= 11 is 3.28. The summed E-state index contributed by atoms with van der Waals surface area (Å²) in [5.74, 6) is 0.775. The van der Waals surface area contributed by atoms with E-state index in [1.807, 2.05) is 11.8 Å². The molecule has 1 aromatic heterocycles. The Hall–Kier alpha value is -4.45. The molecule has 0 N–H and O–H groups in total. The summed E-state index contributed by atoms with van der Waals surface area (Å²) in [6, 6.07) is 45.1. The van der Waals surface area contributed by atoms with E-state index < -0.39 is 0 Å². The predicted octanol–water partition coefficient (Wildman–Crippen LogP) is 10.1. The summed E-state index contributed by atoms with van der Waals surface area (Å²) in [4.78, 5) is 9.88. The minimum atomic E-state index is 0.775. The Bertz CT molecular complexity index is 1960. The molecule has 0 amide bonds. The maximum absolute atomic E-state index is 5.01. The lowest BCUT2D eigenvalue weighted by Crippen LogP contribution is -2.14. The lowest BCUT2D eigenvalue weighted by Gasteiger charge is -2.32. The Kier molecular flexibility index (Phi) is 5.25. The third-order valence-corrected chi connectivity index (χ3v) is 9.13. The summed E-state index contributed by atoms with van der Waals surface area (Å²) in [6.07, 6.45) is 0. The molecule has 39 heavy (non-hydrogen) atoms.